The van der Waals surface area contributed by atoms with Crippen LogP contribution in [0.5, 0.6) is 0 Å². The Labute approximate surface area is 135 Å². The van der Waals surface area contributed by atoms with Crippen LogP contribution in [-0.4, -0.2) is 62.1 Å². The lowest BCUT2D eigenvalue weighted by molar-refractivity contribution is -0.141. The minimum atomic E-state index is -0.546. The van der Waals surface area contributed by atoms with Crippen LogP contribution in [0.4, 0.5) is 4.79 Å². The van der Waals surface area contributed by atoms with E-state index in [0.717, 1.165) is 31.7 Å². The van der Waals surface area contributed by atoms with Crippen LogP contribution >= 0.6 is 0 Å². The van der Waals surface area contributed by atoms with E-state index in [4.69, 9.17) is 4.74 Å². The van der Waals surface area contributed by atoms with Crippen LogP contribution in [0.15, 0.2) is 35.3 Å². The van der Waals surface area contributed by atoms with Crippen molar-refractivity contribution in [2.75, 3.05) is 39.3 Å². The SMILES string of the molecule is CCOC(=O)CNC(=O)N=C(c1ccccc1)N1CCNCC1. The number of rotatable bonds is 4. The van der Waals surface area contributed by atoms with E-state index in [1.807, 2.05) is 30.3 Å². The highest BCUT2D eigenvalue weighted by Gasteiger charge is 2.17. The summed E-state index contributed by atoms with van der Waals surface area (Å²) in [4.78, 5) is 29.6. The molecule has 0 spiro atoms. The number of nitrogens with one attached hydrogen (secondary N) is 2. The molecule has 23 heavy (non-hydrogen) atoms. The number of amidine groups is 1. The molecule has 124 valence electrons. The lowest BCUT2D eigenvalue weighted by Crippen LogP contribution is -2.47. The molecule has 2 rings (SSSR count). The number of carbonyl (C=O) groups excluding carboxylic acids is 2. The van der Waals surface area contributed by atoms with Gasteiger partial charge in [0.25, 0.3) is 0 Å². The van der Waals surface area contributed by atoms with Crippen molar-refractivity contribution in [3.05, 3.63) is 35.9 Å². The molecule has 2 N–H and O–H groups in total. The van der Waals surface area contributed by atoms with Gasteiger partial charge < -0.3 is 20.3 Å². The molecule has 1 aromatic rings. The number of benzene rings is 1. The number of urea groups is 1. The van der Waals surface area contributed by atoms with Crippen molar-refractivity contribution in [3.8, 4) is 0 Å². The fourth-order valence-electron chi connectivity index (χ4n) is 2.28. The summed E-state index contributed by atoms with van der Waals surface area (Å²) in [7, 11) is 0. The van der Waals surface area contributed by atoms with Crippen molar-refractivity contribution in [1.82, 2.24) is 15.5 Å². The Bertz CT molecular complexity index is 554. The number of aliphatic imine (C=N–C) groups is 1. The van der Waals surface area contributed by atoms with Crippen molar-refractivity contribution < 1.29 is 14.3 Å². The van der Waals surface area contributed by atoms with Crippen LogP contribution in [0.2, 0.25) is 0 Å². The second kappa shape index (κ2) is 8.89. The highest BCUT2D eigenvalue weighted by Crippen LogP contribution is 2.07. The van der Waals surface area contributed by atoms with Crippen molar-refractivity contribution in [2.45, 2.75) is 6.92 Å². The number of carbonyl (C=O) groups is 2. The summed E-state index contributed by atoms with van der Waals surface area (Å²) in [6.07, 6.45) is 0. The molecule has 1 fully saturated rings. The molecule has 0 aliphatic carbocycles. The first-order valence-corrected chi connectivity index (χ1v) is 7.74. The molecule has 7 nitrogen and oxygen atoms in total. The topological polar surface area (TPSA) is 83.0 Å². The van der Waals surface area contributed by atoms with Gasteiger partial charge in [0.1, 0.15) is 12.4 Å². The van der Waals surface area contributed by atoms with E-state index in [9.17, 15) is 9.59 Å². The molecular formula is C16H22N4O3. The molecular weight excluding hydrogens is 296 g/mol. The zero-order valence-electron chi connectivity index (χ0n) is 13.2. The lowest BCUT2D eigenvalue weighted by atomic mass is 10.2. The van der Waals surface area contributed by atoms with Crippen LogP contribution < -0.4 is 10.6 Å². The number of hydrogen-bond donors (Lipinski definition) is 2. The predicted molar refractivity (Wildman–Crippen MR) is 87.5 cm³/mol. The molecule has 1 aliphatic heterocycles. The zero-order chi connectivity index (χ0) is 16.5. The first-order chi connectivity index (χ1) is 11.2. The normalized spacial score (nSPS) is 15.2. The van der Waals surface area contributed by atoms with E-state index in [1.165, 1.54) is 0 Å². The second-order valence-corrected chi connectivity index (χ2v) is 5.00. The van der Waals surface area contributed by atoms with E-state index < -0.39 is 12.0 Å². The van der Waals surface area contributed by atoms with Crippen LogP contribution in [0, 0.1) is 0 Å². The van der Waals surface area contributed by atoms with Gasteiger partial charge in [0.2, 0.25) is 0 Å². The summed E-state index contributed by atoms with van der Waals surface area (Å²) in [5.74, 6) is 0.146. The highest BCUT2D eigenvalue weighted by atomic mass is 16.5. The third kappa shape index (κ3) is 5.37. The summed E-state index contributed by atoms with van der Waals surface area (Å²) >= 11 is 0. The van der Waals surface area contributed by atoms with E-state index >= 15 is 0 Å². The van der Waals surface area contributed by atoms with Crippen LogP contribution in [0.3, 0.4) is 0 Å². The molecule has 0 radical (unpaired) electrons. The van der Waals surface area contributed by atoms with Gasteiger partial charge in [-0.3, -0.25) is 4.79 Å². The molecule has 0 bridgehead atoms. The number of nitrogens with zero attached hydrogens (tertiary/aromatic N) is 2. The van der Waals surface area contributed by atoms with E-state index in [-0.39, 0.29) is 13.2 Å². The molecule has 1 aliphatic rings. The Morgan fingerprint density at radius 3 is 2.61 bits per heavy atom. The number of esters is 1. The molecule has 0 unspecified atom stereocenters. The molecule has 1 heterocycles. The van der Waals surface area contributed by atoms with E-state index in [1.54, 1.807) is 6.92 Å². The maximum absolute atomic E-state index is 12.0. The van der Waals surface area contributed by atoms with Gasteiger partial charge in [0.05, 0.1) is 6.61 Å². The molecule has 1 aromatic carbocycles. The largest absolute Gasteiger partial charge is 0.465 e. The summed E-state index contributed by atoms with van der Waals surface area (Å²) in [6, 6.07) is 9.02. The van der Waals surface area contributed by atoms with Gasteiger partial charge in [-0.1, -0.05) is 30.3 Å². The van der Waals surface area contributed by atoms with E-state index in [2.05, 4.69) is 20.5 Å². The van der Waals surface area contributed by atoms with Crippen molar-refractivity contribution >= 4 is 17.8 Å². The Balaban J connectivity index is 2.09. The first kappa shape index (κ1) is 17.0. The summed E-state index contributed by atoms with van der Waals surface area (Å²) in [5, 5.41) is 5.73. The Morgan fingerprint density at radius 1 is 1.26 bits per heavy atom. The van der Waals surface area contributed by atoms with Gasteiger partial charge in [-0.2, -0.15) is 4.99 Å². The summed E-state index contributed by atoms with van der Waals surface area (Å²) in [5.41, 5.74) is 0.876. The standard InChI is InChI=1S/C16H22N4O3/c1-2-23-14(21)12-18-16(22)19-15(13-6-4-3-5-7-13)20-10-8-17-9-11-20/h3-7,17H,2,8-12H2,1H3,(H,18,22). The smallest absolute Gasteiger partial charge is 0.343 e. The minimum Gasteiger partial charge on any atom is -0.465 e. The minimum absolute atomic E-state index is 0.181. The second-order valence-electron chi connectivity index (χ2n) is 5.00. The van der Waals surface area contributed by atoms with Crippen molar-refractivity contribution in [1.29, 1.82) is 0 Å². The number of piperazine rings is 1. The predicted octanol–water partition coefficient (Wildman–Crippen LogP) is 0.611. The Kier molecular flexibility index (Phi) is 6.56. The third-order valence-electron chi connectivity index (χ3n) is 3.35. The monoisotopic (exact) mass is 318 g/mol. The Hall–Kier alpha value is -2.41. The van der Waals surface area contributed by atoms with Crippen molar-refractivity contribution in [3.63, 3.8) is 0 Å². The fraction of sp³-hybridized carbons (Fsp3) is 0.438. The van der Waals surface area contributed by atoms with Crippen LogP contribution in [0.1, 0.15) is 12.5 Å². The molecule has 2 amide bonds. The van der Waals surface area contributed by atoms with Gasteiger partial charge in [-0.25, -0.2) is 4.79 Å². The van der Waals surface area contributed by atoms with Gasteiger partial charge in [-0.05, 0) is 6.92 Å². The maximum Gasteiger partial charge on any atom is 0.343 e. The van der Waals surface area contributed by atoms with Crippen LogP contribution in [-0.2, 0) is 9.53 Å². The fourth-order valence-corrected chi connectivity index (χ4v) is 2.28. The first-order valence-electron chi connectivity index (χ1n) is 7.74. The van der Waals surface area contributed by atoms with Gasteiger partial charge in [0.15, 0.2) is 0 Å². The maximum atomic E-state index is 12.0. The summed E-state index contributed by atoms with van der Waals surface area (Å²) in [6.45, 7) is 5.06. The molecule has 0 saturated carbocycles. The molecule has 0 atom stereocenters. The van der Waals surface area contributed by atoms with Gasteiger partial charge in [0, 0.05) is 31.7 Å². The average molecular weight is 318 g/mol. The number of hydrogen-bond acceptors (Lipinski definition) is 4. The van der Waals surface area contributed by atoms with Gasteiger partial charge >= 0.3 is 12.0 Å². The lowest BCUT2D eigenvalue weighted by Gasteiger charge is -2.30. The summed E-state index contributed by atoms with van der Waals surface area (Å²) < 4.78 is 4.78. The van der Waals surface area contributed by atoms with Gasteiger partial charge in [-0.15, -0.1) is 0 Å². The molecule has 7 heteroatoms. The number of amides is 2. The third-order valence-corrected chi connectivity index (χ3v) is 3.35. The Morgan fingerprint density at radius 2 is 1.96 bits per heavy atom. The van der Waals surface area contributed by atoms with Crippen LogP contribution in [0.25, 0.3) is 0 Å². The molecule has 0 aromatic heterocycles. The quantitative estimate of drug-likeness (QED) is 0.483. The average Bonchev–Trinajstić information content (AvgIpc) is 2.60. The van der Waals surface area contributed by atoms with E-state index in [0.29, 0.717) is 5.84 Å². The highest BCUT2D eigenvalue weighted by molar-refractivity contribution is 6.05. The number of ether oxygens (including phenoxy) is 1. The van der Waals surface area contributed by atoms with Crippen molar-refractivity contribution in [2.24, 2.45) is 4.99 Å². The molecule has 1 saturated heterocycles. The zero-order valence-corrected chi connectivity index (χ0v) is 13.2.